The quantitative estimate of drug-likeness (QED) is 0.357. The molecule has 2 aromatic carbocycles. The average molecular weight is 296 g/mol. The second kappa shape index (κ2) is 5.96. The Balaban J connectivity index is 2.81. The molecular weight excluding hydrogens is 272 g/mol. The zero-order chi connectivity index (χ0) is 16.5. The summed E-state index contributed by atoms with van der Waals surface area (Å²) in [6, 6.07) is 11.8. The van der Waals surface area contributed by atoms with E-state index in [0.717, 1.165) is 22.3 Å². The van der Waals surface area contributed by atoms with Gasteiger partial charge in [-0.25, -0.2) is 0 Å². The van der Waals surface area contributed by atoms with Crippen LogP contribution in [0.15, 0.2) is 36.4 Å². The summed E-state index contributed by atoms with van der Waals surface area (Å²) in [7, 11) is 0. The van der Waals surface area contributed by atoms with Gasteiger partial charge in [0.1, 0.15) is 0 Å². The Labute approximate surface area is 133 Å². The number of benzene rings is 2. The van der Waals surface area contributed by atoms with E-state index in [-0.39, 0.29) is 5.41 Å². The van der Waals surface area contributed by atoms with Crippen LogP contribution in [0.3, 0.4) is 0 Å². The smallest absolute Gasteiger partial charge is 0.391 e. The lowest BCUT2D eigenvalue weighted by atomic mass is 9.78. The van der Waals surface area contributed by atoms with Gasteiger partial charge in [0.05, 0.1) is 11.1 Å². The molecule has 0 bridgehead atoms. The molecule has 0 aromatic heterocycles. The maximum absolute atomic E-state index is 11.5. The molecule has 2 rings (SSSR count). The Hall–Kier alpha value is -2.09. The minimum atomic E-state index is -0.0723. The van der Waals surface area contributed by atoms with Crippen LogP contribution < -0.4 is 5.26 Å². The van der Waals surface area contributed by atoms with Crippen molar-refractivity contribution in [2.45, 2.75) is 47.0 Å². The number of ketones is 1. The van der Waals surface area contributed by atoms with Crippen molar-refractivity contribution in [3.05, 3.63) is 69.8 Å². The first kappa shape index (κ1) is 16.3. The molecule has 0 aliphatic heterocycles. The Morgan fingerprint density at radius 3 is 2.05 bits per heavy atom. The van der Waals surface area contributed by atoms with Crippen LogP contribution in [0.5, 0.6) is 0 Å². The highest BCUT2D eigenvalue weighted by atomic mass is 17.1. The van der Waals surface area contributed by atoms with E-state index in [0.29, 0.717) is 5.78 Å². The Morgan fingerprint density at radius 1 is 0.955 bits per heavy atom. The van der Waals surface area contributed by atoms with Crippen LogP contribution in [-0.4, -0.2) is 5.78 Å². The van der Waals surface area contributed by atoms with Gasteiger partial charge in [0.2, 0.25) is 0 Å². The molecule has 2 heteroatoms. The summed E-state index contributed by atoms with van der Waals surface area (Å²) in [6.45, 7) is 12.7. The van der Waals surface area contributed by atoms with Crippen LogP contribution in [0.4, 0.5) is 0 Å². The van der Waals surface area contributed by atoms with Crippen LogP contribution in [0.1, 0.15) is 58.7 Å². The fourth-order valence-corrected chi connectivity index (χ4v) is 2.79. The van der Waals surface area contributed by atoms with Gasteiger partial charge < -0.3 is 5.26 Å². The summed E-state index contributed by atoms with van der Waals surface area (Å²) in [5.74, 6) is 0.408. The summed E-state index contributed by atoms with van der Waals surface area (Å²) >= 11 is 0. The number of carbonyl (C=O) groups excluding carboxylic acids is 1. The first-order valence-electron chi connectivity index (χ1n) is 7.61. The number of rotatable bonds is 2. The summed E-state index contributed by atoms with van der Waals surface area (Å²) in [5.41, 5.74) is 6.36. The maximum atomic E-state index is 11.5. The van der Waals surface area contributed by atoms with Crippen LogP contribution in [0, 0.1) is 20.8 Å². The predicted octanol–water partition coefficient (Wildman–Crippen LogP) is 3.95. The molecule has 0 unspecified atom stereocenters. The van der Waals surface area contributed by atoms with Gasteiger partial charge in [0.15, 0.2) is 0 Å². The highest BCUT2D eigenvalue weighted by Gasteiger charge is 2.30. The summed E-state index contributed by atoms with van der Waals surface area (Å²) in [5, 5.41) is 11.5. The molecule has 0 aliphatic rings. The molecule has 2 nitrogen and oxygen atoms in total. The summed E-state index contributed by atoms with van der Waals surface area (Å²) in [6.07, 6.45) is 0. The third kappa shape index (κ3) is 2.92. The third-order valence-corrected chi connectivity index (χ3v) is 4.31. The molecule has 0 saturated carbocycles. The van der Waals surface area contributed by atoms with Crippen LogP contribution in [-0.2, 0) is 5.41 Å². The maximum Gasteiger partial charge on any atom is 0.391 e. The van der Waals surface area contributed by atoms with E-state index in [4.69, 9.17) is 0 Å². The molecule has 0 N–H and O–H groups in total. The zero-order valence-corrected chi connectivity index (χ0v) is 14.3. The first-order chi connectivity index (χ1) is 10.3. The fraction of sp³-hybridized carbons (Fsp3) is 0.350. The van der Waals surface area contributed by atoms with Crippen molar-refractivity contribution in [3.63, 3.8) is 0 Å². The third-order valence-electron chi connectivity index (χ3n) is 4.31. The normalized spacial score (nSPS) is 12.5. The largest absolute Gasteiger partial charge is 0.462 e. The van der Waals surface area contributed by atoms with E-state index < -0.39 is 0 Å². The van der Waals surface area contributed by atoms with Crippen molar-refractivity contribution in [2.75, 3.05) is 0 Å². The molecule has 0 aliphatic carbocycles. The lowest BCUT2D eigenvalue weighted by Crippen LogP contribution is -2.22. The lowest BCUT2D eigenvalue weighted by molar-refractivity contribution is -0.937. The summed E-state index contributed by atoms with van der Waals surface area (Å²) < 4.78 is 4.60. The van der Waals surface area contributed by atoms with E-state index in [1.165, 1.54) is 11.1 Å². The molecule has 0 heterocycles. The number of hydrogen-bond donors (Lipinski definition) is 0. The Kier molecular flexibility index (Phi) is 4.41. The Bertz CT molecular complexity index is 705. The van der Waals surface area contributed by atoms with Crippen LogP contribution in [0.2, 0.25) is 0 Å². The molecule has 0 atom stereocenters. The molecule has 0 amide bonds. The summed E-state index contributed by atoms with van der Waals surface area (Å²) in [4.78, 5) is 0. The molecule has 0 fully saturated rings. The fourth-order valence-electron chi connectivity index (χ4n) is 2.79. The van der Waals surface area contributed by atoms with Gasteiger partial charge >= 0.3 is 5.78 Å². The Morgan fingerprint density at radius 2 is 1.55 bits per heavy atom. The van der Waals surface area contributed by atoms with Crippen LogP contribution >= 0.6 is 0 Å². The minimum absolute atomic E-state index is 0.0723. The second-order valence-electron chi connectivity index (χ2n) is 6.89. The zero-order valence-electron chi connectivity index (χ0n) is 14.3. The van der Waals surface area contributed by atoms with Crippen molar-refractivity contribution in [3.8, 4) is 0 Å². The van der Waals surface area contributed by atoms with Gasteiger partial charge in [-0.1, -0.05) is 45.0 Å². The van der Waals surface area contributed by atoms with E-state index in [2.05, 4.69) is 52.2 Å². The van der Waals surface area contributed by atoms with Gasteiger partial charge in [0, 0.05) is 0 Å². The molecule has 0 saturated heterocycles. The first-order valence-corrected chi connectivity index (χ1v) is 7.61. The van der Waals surface area contributed by atoms with E-state index in [1.807, 2.05) is 30.3 Å². The predicted molar refractivity (Wildman–Crippen MR) is 89.2 cm³/mol. The molecular formula is C20H24O2. The minimum Gasteiger partial charge on any atom is -0.462 e. The van der Waals surface area contributed by atoms with E-state index in [1.54, 1.807) is 0 Å². The van der Waals surface area contributed by atoms with Gasteiger partial charge in [0.25, 0.3) is 0 Å². The van der Waals surface area contributed by atoms with Crippen molar-refractivity contribution < 1.29 is 9.83 Å². The monoisotopic (exact) mass is 296 g/mol. The topological polar surface area (TPSA) is 34.4 Å². The van der Waals surface area contributed by atoms with E-state index >= 15 is 0 Å². The molecule has 2 aromatic rings. The molecule has 22 heavy (non-hydrogen) atoms. The van der Waals surface area contributed by atoms with Crippen molar-refractivity contribution in [1.82, 2.24) is 0 Å². The van der Waals surface area contributed by atoms with Crippen molar-refractivity contribution >= 4 is 5.78 Å². The SMILES string of the molecule is Cc1cc(C(C)(C)C)c(C(=[O+][O-])c2ccccc2)c(C)c1C. The van der Waals surface area contributed by atoms with E-state index in [9.17, 15) is 5.26 Å². The number of hydrogen-bond acceptors (Lipinski definition) is 1. The lowest BCUT2D eigenvalue weighted by Gasteiger charge is -2.24. The number of aryl methyl sites for hydroxylation is 1. The molecule has 0 radical (unpaired) electrons. The van der Waals surface area contributed by atoms with Crippen molar-refractivity contribution in [1.29, 1.82) is 0 Å². The van der Waals surface area contributed by atoms with Crippen molar-refractivity contribution in [2.24, 2.45) is 0 Å². The molecule has 0 spiro atoms. The highest BCUT2D eigenvalue weighted by molar-refractivity contribution is 6.11. The van der Waals surface area contributed by atoms with Gasteiger partial charge in [-0.15, -0.1) is 0 Å². The van der Waals surface area contributed by atoms with Gasteiger partial charge in [-0.3, -0.25) is 0 Å². The molecule has 116 valence electrons. The standard InChI is InChI=1S/C20H24O2/c1-13-12-17(20(4,5)6)18(15(3)14(13)2)19(22-21)16-10-8-7-9-11-16/h7-12H,1-6H3. The van der Waals surface area contributed by atoms with Gasteiger partial charge in [-0.05, 0) is 60.6 Å². The van der Waals surface area contributed by atoms with Crippen LogP contribution in [0.25, 0.3) is 0 Å². The highest BCUT2D eigenvalue weighted by Crippen LogP contribution is 2.33. The van der Waals surface area contributed by atoms with Gasteiger partial charge in [-0.2, -0.15) is 4.58 Å². The second-order valence-corrected chi connectivity index (χ2v) is 6.89. The average Bonchev–Trinajstić information content (AvgIpc) is 2.47.